The van der Waals surface area contributed by atoms with Gasteiger partial charge in [0, 0.05) is 18.8 Å². The van der Waals surface area contributed by atoms with Crippen molar-refractivity contribution in [2.24, 2.45) is 52.3 Å². The summed E-state index contributed by atoms with van der Waals surface area (Å²) in [5.41, 5.74) is 0.769. The summed E-state index contributed by atoms with van der Waals surface area (Å²) in [6, 6.07) is 9.25. The van der Waals surface area contributed by atoms with E-state index in [9.17, 15) is 22.6 Å². The number of rotatable bonds is 9. The van der Waals surface area contributed by atoms with Crippen LogP contribution in [0.1, 0.15) is 117 Å². The molecule has 4 aliphatic rings. The Balaban J connectivity index is 0.00000423. The Morgan fingerprint density at radius 1 is 1.00 bits per heavy atom. The number of ketones is 1. The van der Waals surface area contributed by atoms with Crippen LogP contribution in [0, 0.1) is 52.3 Å². The molecule has 4 aliphatic carbocycles. The number of carbonyl (C=O) groups excluding carboxylic acids is 2. The fraction of sp³-hybridized carbons (Fsp3) is 0.771. The summed E-state index contributed by atoms with van der Waals surface area (Å²) in [7, 11) is -4.50. The minimum absolute atomic E-state index is 0. The molecule has 0 spiro atoms. The number of benzene rings is 1. The fourth-order valence-electron chi connectivity index (χ4n) is 10.1. The molecular formula is C35H54O7S. The van der Waals surface area contributed by atoms with Gasteiger partial charge in [-0.15, -0.1) is 0 Å². The quantitative estimate of drug-likeness (QED) is 0.221. The second kappa shape index (κ2) is 12.9. The number of fused-ring (bicyclic) bond motifs is 5. The van der Waals surface area contributed by atoms with E-state index in [0.717, 1.165) is 44.9 Å². The van der Waals surface area contributed by atoms with Crippen LogP contribution in [0.2, 0.25) is 0 Å². The molecule has 0 aliphatic heterocycles. The molecule has 0 radical (unpaired) electrons. The third kappa shape index (κ3) is 6.76. The summed E-state index contributed by atoms with van der Waals surface area (Å²) < 4.78 is 43.6. The number of hydrogen-bond acceptors (Lipinski definition) is 6. The van der Waals surface area contributed by atoms with E-state index in [2.05, 4.69) is 20.8 Å². The number of esters is 1. The minimum Gasteiger partial charge on any atom is -0.458 e. The van der Waals surface area contributed by atoms with Gasteiger partial charge in [0.2, 0.25) is 0 Å². The molecule has 242 valence electrons. The molecule has 0 aromatic heterocycles. The molecule has 7 nitrogen and oxygen atoms in total. The Kier molecular flexibility index (Phi) is 10.2. The van der Waals surface area contributed by atoms with Crippen molar-refractivity contribution in [3.05, 3.63) is 35.9 Å². The van der Waals surface area contributed by atoms with Crippen LogP contribution in [0.15, 0.2) is 30.3 Å². The minimum atomic E-state index is -4.50. The Hall–Kier alpha value is -1.77. The lowest BCUT2D eigenvalue weighted by molar-refractivity contribution is -0.170. The van der Waals surface area contributed by atoms with Crippen molar-refractivity contribution in [1.82, 2.24) is 0 Å². The SMILES string of the molecule is C.CC(CC[C@@H](OS(=O)(=O)O)C(C)C)[C@H]1CCC2C3C(CC[C@@]21C)[C@@]1(C)CCC(=O)C[C@@H]1C[C@H]3OC(=O)c1ccccc1. The van der Waals surface area contributed by atoms with E-state index in [-0.39, 0.29) is 48.1 Å². The first-order valence-corrected chi connectivity index (χ1v) is 17.5. The van der Waals surface area contributed by atoms with Gasteiger partial charge in [-0.25, -0.2) is 8.98 Å². The van der Waals surface area contributed by atoms with Gasteiger partial charge >= 0.3 is 16.4 Å². The van der Waals surface area contributed by atoms with Gasteiger partial charge in [-0.1, -0.05) is 60.2 Å². The van der Waals surface area contributed by atoms with Gasteiger partial charge in [0.15, 0.2) is 0 Å². The van der Waals surface area contributed by atoms with Crippen molar-refractivity contribution in [3.8, 4) is 0 Å². The Bertz CT molecular complexity index is 1250. The zero-order chi connectivity index (χ0) is 30.4. The monoisotopic (exact) mass is 618 g/mol. The number of ether oxygens (including phenoxy) is 1. The van der Waals surface area contributed by atoms with Gasteiger partial charge < -0.3 is 4.74 Å². The molecule has 0 amide bonds. The fourth-order valence-corrected chi connectivity index (χ4v) is 10.8. The normalized spacial score (nSPS) is 37.0. The first-order chi connectivity index (χ1) is 19.7. The van der Waals surface area contributed by atoms with Gasteiger partial charge in [0.05, 0.1) is 11.7 Å². The molecule has 43 heavy (non-hydrogen) atoms. The number of carbonyl (C=O) groups is 2. The van der Waals surface area contributed by atoms with Crippen LogP contribution in [0.25, 0.3) is 0 Å². The number of hydrogen-bond donors (Lipinski definition) is 1. The third-order valence-corrected chi connectivity index (χ3v) is 12.9. The summed E-state index contributed by atoms with van der Waals surface area (Å²) in [5, 5.41) is 0. The van der Waals surface area contributed by atoms with E-state index in [1.165, 1.54) is 0 Å². The molecule has 4 saturated carbocycles. The Labute approximate surface area is 259 Å². The van der Waals surface area contributed by atoms with E-state index in [1.807, 2.05) is 44.2 Å². The molecule has 1 aromatic carbocycles. The molecule has 4 fully saturated rings. The van der Waals surface area contributed by atoms with Crippen molar-refractivity contribution in [1.29, 1.82) is 0 Å². The largest absolute Gasteiger partial charge is 0.458 e. The van der Waals surface area contributed by atoms with E-state index in [0.29, 0.717) is 54.3 Å². The predicted molar refractivity (Wildman–Crippen MR) is 168 cm³/mol. The molecule has 0 saturated heterocycles. The van der Waals surface area contributed by atoms with E-state index in [4.69, 9.17) is 8.92 Å². The molecule has 4 unspecified atom stereocenters. The molecule has 1 N–H and O–H groups in total. The summed E-state index contributed by atoms with van der Waals surface area (Å²) >= 11 is 0. The van der Waals surface area contributed by atoms with Crippen molar-refractivity contribution < 1.29 is 31.5 Å². The standard InChI is InChI=1S/C34H50O7S.CH4/c1-21(2)29(41-42(37,38)39)14-11-22(3)26-12-13-27-31-28(16-18-34(26,27)5)33(4)17-15-25(35)19-24(33)20-30(31)40-32(36)23-9-7-6-8-10-23;/h6-10,21-22,24,26-31H,11-20H2,1-5H3,(H,37,38,39);1H4/t22?,24-,26-,27?,28?,29-,30-,31?,33+,34-;/m1./s1. The Morgan fingerprint density at radius 3 is 2.33 bits per heavy atom. The highest BCUT2D eigenvalue weighted by atomic mass is 32.3. The van der Waals surface area contributed by atoms with Gasteiger partial charge in [-0.3, -0.25) is 9.35 Å². The van der Waals surface area contributed by atoms with Crippen LogP contribution in [-0.4, -0.2) is 36.9 Å². The van der Waals surface area contributed by atoms with Crippen molar-refractivity contribution in [2.75, 3.05) is 0 Å². The lowest BCUT2D eigenvalue weighted by Gasteiger charge is -2.62. The second-order valence-corrected chi connectivity index (χ2v) is 15.9. The number of Topliss-reactive ketones (excluding diaryl/α,β-unsaturated/α-hetero) is 1. The lowest BCUT2D eigenvalue weighted by Crippen LogP contribution is -2.59. The summed E-state index contributed by atoms with van der Waals surface area (Å²) in [4.78, 5) is 26.0. The predicted octanol–water partition coefficient (Wildman–Crippen LogP) is 7.95. The van der Waals surface area contributed by atoms with E-state index < -0.39 is 16.5 Å². The maximum atomic E-state index is 13.4. The van der Waals surface area contributed by atoms with Crippen molar-refractivity contribution in [2.45, 2.75) is 118 Å². The van der Waals surface area contributed by atoms with E-state index >= 15 is 0 Å². The maximum Gasteiger partial charge on any atom is 0.397 e. The summed E-state index contributed by atoms with van der Waals surface area (Å²) in [6.45, 7) is 11.0. The highest BCUT2D eigenvalue weighted by Crippen LogP contribution is 2.68. The van der Waals surface area contributed by atoms with Gasteiger partial charge in [-0.2, -0.15) is 8.42 Å². The van der Waals surface area contributed by atoms with Crippen LogP contribution < -0.4 is 0 Å². The molecular weight excluding hydrogens is 564 g/mol. The van der Waals surface area contributed by atoms with Gasteiger partial charge in [0.25, 0.3) is 0 Å². The van der Waals surface area contributed by atoms with Crippen LogP contribution >= 0.6 is 0 Å². The Morgan fingerprint density at radius 2 is 1.67 bits per heavy atom. The maximum absolute atomic E-state index is 13.4. The highest BCUT2D eigenvalue weighted by Gasteiger charge is 2.63. The summed E-state index contributed by atoms with van der Waals surface area (Å²) in [6.07, 6.45) is 8.03. The third-order valence-electron chi connectivity index (χ3n) is 12.4. The topological polar surface area (TPSA) is 107 Å². The van der Waals surface area contributed by atoms with Gasteiger partial charge in [-0.05, 0) is 110 Å². The van der Waals surface area contributed by atoms with Crippen molar-refractivity contribution >= 4 is 22.2 Å². The second-order valence-electron chi connectivity index (χ2n) is 14.9. The van der Waals surface area contributed by atoms with Crippen LogP contribution in [0.4, 0.5) is 0 Å². The molecule has 10 atom stereocenters. The average molecular weight is 619 g/mol. The smallest absolute Gasteiger partial charge is 0.397 e. The molecule has 5 rings (SSSR count). The summed E-state index contributed by atoms with van der Waals surface area (Å²) in [5.74, 6) is 2.29. The van der Waals surface area contributed by atoms with Crippen LogP contribution in [0.5, 0.6) is 0 Å². The average Bonchev–Trinajstić information content (AvgIpc) is 3.28. The molecule has 0 heterocycles. The first kappa shape index (κ1) is 34.1. The molecule has 8 heteroatoms. The van der Waals surface area contributed by atoms with Crippen LogP contribution in [0.3, 0.4) is 0 Å². The lowest BCUT2D eigenvalue weighted by atomic mass is 9.43. The zero-order valence-electron chi connectivity index (χ0n) is 26.0. The van der Waals surface area contributed by atoms with E-state index in [1.54, 1.807) is 0 Å². The molecule has 1 aromatic rings. The highest BCUT2D eigenvalue weighted by molar-refractivity contribution is 7.80. The first-order valence-electron chi connectivity index (χ1n) is 16.2. The molecule has 0 bridgehead atoms. The van der Waals surface area contributed by atoms with Crippen LogP contribution in [-0.2, 0) is 24.1 Å². The zero-order valence-corrected chi connectivity index (χ0v) is 26.8. The van der Waals surface area contributed by atoms with Gasteiger partial charge in [0.1, 0.15) is 11.9 Å². The van der Waals surface area contributed by atoms with Crippen molar-refractivity contribution in [3.63, 3.8) is 0 Å².